The monoisotopic (exact) mass is 286 g/mol. The highest BCUT2D eigenvalue weighted by Crippen LogP contribution is 2.37. The first kappa shape index (κ1) is 13.2. The van der Waals surface area contributed by atoms with Crippen LogP contribution in [0.3, 0.4) is 0 Å². The van der Waals surface area contributed by atoms with E-state index in [2.05, 4.69) is 15.3 Å². The molecule has 0 radical (unpaired) electrons. The number of carbonyl (C=O) groups excluding carboxylic acids is 1. The minimum absolute atomic E-state index is 0.0469. The molecule has 1 saturated carbocycles. The number of nitrogens with one attached hydrogen (secondary N) is 1. The lowest BCUT2D eigenvalue weighted by atomic mass is 9.98. The first-order valence-corrected chi connectivity index (χ1v) is 8.07. The lowest BCUT2D eigenvalue weighted by Gasteiger charge is -2.35. The summed E-state index contributed by atoms with van der Waals surface area (Å²) in [5.74, 6) is 1.38. The number of amides is 1. The summed E-state index contributed by atoms with van der Waals surface area (Å²) in [6.45, 7) is 0. The zero-order valence-electron chi connectivity index (χ0n) is 12.5. The third-order valence-electron chi connectivity index (χ3n) is 5.15. The Hall–Kier alpha value is -1.49. The van der Waals surface area contributed by atoms with Crippen molar-refractivity contribution in [2.45, 2.75) is 62.6 Å². The minimum Gasteiger partial charge on any atom is -0.337 e. The van der Waals surface area contributed by atoms with Gasteiger partial charge in [0.25, 0.3) is 5.91 Å². The maximum Gasteiger partial charge on any atom is 0.272 e. The van der Waals surface area contributed by atoms with Gasteiger partial charge < -0.3 is 10.2 Å². The largest absolute Gasteiger partial charge is 0.337 e. The van der Waals surface area contributed by atoms with Gasteiger partial charge in [0.1, 0.15) is 11.5 Å². The second-order valence-electron chi connectivity index (χ2n) is 6.75. The van der Waals surface area contributed by atoms with Crippen LogP contribution in [0.2, 0.25) is 0 Å². The van der Waals surface area contributed by atoms with Crippen molar-refractivity contribution in [1.82, 2.24) is 20.2 Å². The zero-order valence-corrected chi connectivity index (χ0v) is 12.5. The fourth-order valence-corrected chi connectivity index (χ4v) is 3.72. The molecule has 1 aromatic rings. The van der Waals surface area contributed by atoms with E-state index in [1.165, 1.54) is 12.8 Å². The van der Waals surface area contributed by atoms with E-state index in [1.807, 2.05) is 11.9 Å². The summed E-state index contributed by atoms with van der Waals surface area (Å²) in [6, 6.07) is 3.28. The number of fused-ring (bicyclic) bond motifs is 2. The molecule has 5 nitrogen and oxygen atoms in total. The van der Waals surface area contributed by atoms with Crippen LogP contribution in [0.15, 0.2) is 12.3 Å². The smallest absolute Gasteiger partial charge is 0.272 e. The van der Waals surface area contributed by atoms with Crippen molar-refractivity contribution in [3.05, 3.63) is 23.8 Å². The van der Waals surface area contributed by atoms with Crippen molar-refractivity contribution in [3.63, 3.8) is 0 Å². The topological polar surface area (TPSA) is 58.1 Å². The molecule has 1 aromatic heterocycles. The molecule has 2 unspecified atom stereocenters. The van der Waals surface area contributed by atoms with Gasteiger partial charge in [0.15, 0.2) is 0 Å². The molecule has 3 heterocycles. The van der Waals surface area contributed by atoms with Crippen LogP contribution in [-0.2, 0) is 0 Å². The Morgan fingerprint density at radius 1 is 1.24 bits per heavy atom. The standard InChI is InChI=1S/C16H22N4O/c1-20(13-8-11-4-5-12(9-13)18-11)16(21)14-6-7-17-15(19-14)10-2-3-10/h6-7,10-13,18H,2-5,8-9H2,1H3. The average Bonchev–Trinajstić information content (AvgIpc) is 3.31. The van der Waals surface area contributed by atoms with Crippen LogP contribution < -0.4 is 5.32 Å². The summed E-state index contributed by atoms with van der Waals surface area (Å²) in [7, 11) is 1.93. The van der Waals surface area contributed by atoms with Crippen molar-refractivity contribution in [2.75, 3.05) is 7.05 Å². The van der Waals surface area contributed by atoms with E-state index >= 15 is 0 Å². The van der Waals surface area contributed by atoms with Crippen molar-refractivity contribution in [1.29, 1.82) is 0 Å². The Morgan fingerprint density at radius 3 is 2.62 bits per heavy atom. The van der Waals surface area contributed by atoms with Gasteiger partial charge in [-0.05, 0) is 44.6 Å². The van der Waals surface area contributed by atoms with Gasteiger partial charge in [0, 0.05) is 37.3 Å². The predicted molar refractivity (Wildman–Crippen MR) is 79.1 cm³/mol. The van der Waals surface area contributed by atoms with E-state index in [0.717, 1.165) is 31.5 Å². The lowest BCUT2D eigenvalue weighted by Crippen LogP contribution is -2.48. The highest BCUT2D eigenvalue weighted by Gasteiger charge is 2.37. The number of aromatic nitrogens is 2. The van der Waals surface area contributed by atoms with Gasteiger partial charge in [-0.15, -0.1) is 0 Å². The zero-order chi connectivity index (χ0) is 14.4. The normalized spacial score (nSPS) is 31.2. The molecule has 2 aliphatic heterocycles. The molecule has 1 amide bonds. The molecular formula is C16H22N4O. The highest BCUT2D eigenvalue weighted by atomic mass is 16.2. The SMILES string of the molecule is CN(C(=O)c1ccnc(C2CC2)n1)C1CC2CCC(C1)N2. The molecule has 1 aliphatic carbocycles. The first-order valence-electron chi connectivity index (χ1n) is 8.07. The Balaban J connectivity index is 1.49. The van der Waals surface area contributed by atoms with Crippen LogP contribution in [0.25, 0.3) is 0 Å². The van der Waals surface area contributed by atoms with Gasteiger partial charge in [-0.2, -0.15) is 0 Å². The Bertz CT molecular complexity index is 545. The number of rotatable bonds is 3. The molecule has 0 spiro atoms. The van der Waals surface area contributed by atoms with Crippen LogP contribution in [0.1, 0.15) is 60.8 Å². The van der Waals surface area contributed by atoms with Crippen LogP contribution in [-0.4, -0.2) is 45.9 Å². The number of carbonyl (C=O) groups is 1. The Morgan fingerprint density at radius 2 is 1.95 bits per heavy atom. The lowest BCUT2D eigenvalue weighted by molar-refractivity contribution is 0.0675. The fourth-order valence-electron chi connectivity index (χ4n) is 3.72. The number of piperidine rings is 1. The Kier molecular flexibility index (Phi) is 3.17. The molecule has 3 fully saturated rings. The second-order valence-corrected chi connectivity index (χ2v) is 6.75. The van der Waals surface area contributed by atoms with Gasteiger partial charge in [0.2, 0.25) is 0 Å². The summed E-state index contributed by atoms with van der Waals surface area (Å²) in [6.07, 6.45) is 8.69. The molecule has 0 aromatic carbocycles. The van der Waals surface area contributed by atoms with E-state index in [4.69, 9.17) is 0 Å². The maximum absolute atomic E-state index is 12.7. The highest BCUT2D eigenvalue weighted by molar-refractivity contribution is 5.92. The van der Waals surface area contributed by atoms with Crippen molar-refractivity contribution in [2.24, 2.45) is 0 Å². The number of hydrogen-bond donors (Lipinski definition) is 1. The molecule has 3 aliphatic rings. The molecule has 2 saturated heterocycles. The molecule has 1 N–H and O–H groups in total. The van der Waals surface area contributed by atoms with E-state index in [9.17, 15) is 4.79 Å². The quantitative estimate of drug-likeness (QED) is 0.919. The van der Waals surface area contributed by atoms with Gasteiger partial charge in [-0.3, -0.25) is 4.79 Å². The third kappa shape index (κ3) is 2.55. The van der Waals surface area contributed by atoms with E-state index in [1.54, 1.807) is 12.3 Å². The Labute approximate surface area is 125 Å². The predicted octanol–water partition coefficient (Wildman–Crippen LogP) is 1.71. The average molecular weight is 286 g/mol. The summed E-state index contributed by atoms with van der Waals surface area (Å²) in [5, 5.41) is 3.62. The summed E-state index contributed by atoms with van der Waals surface area (Å²) < 4.78 is 0. The third-order valence-corrected chi connectivity index (χ3v) is 5.15. The molecule has 21 heavy (non-hydrogen) atoms. The first-order chi connectivity index (χ1) is 10.2. The molecule has 2 atom stereocenters. The number of nitrogens with zero attached hydrogens (tertiary/aromatic N) is 3. The molecule has 112 valence electrons. The van der Waals surface area contributed by atoms with E-state index in [0.29, 0.717) is 29.7 Å². The summed E-state index contributed by atoms with van der Waals surface area (Å²) in [4.78, 5) is 23.4. The summed E-state index contributed by atoms with van der Waals surface area (Å²) in [5.41, 5.74) is 0.556. The minimum atomic E-state index is 0.0469. The fraction of sp³-hybridized carbons (Fsp3) is 0.688. The molecular weight excluding hydrogens is 264 g/mol. The molecule has 5 heteroatoms. The van der Waals surface area contributed by atoms with Crippen molar-refractivity contribution < 1.29 is 4.79 Å². The van der Waals surface area contributed by atoms with Crippen molar-refractivity contribution >= 4 is 5.91 Å². The van der Waals surface area contributed by atoms with E-state index < -0.39 is 0 Å². The van der Waals surface area contributed by atoms with Gasteiger partial charge in [-0.25, -0.2) is 9.97 Å². The van der Waals surface area contributed by atoms with Gasteiger partial charge in [0.05, 0.1) is 0 Å². The molecule has 2 bridgehead atoms. The van der Waals surface area contributed by atoms with Gasteiger partial charge >= 0.3 is 0 Å². The van der Waals surface area contributed by atoms with Gasteiger partial charge in [-0.1, -0.05) is 0 Å². The van der Waals surface area contributed by atoms with Crippen molar-refractivity contribution in [3.8, 4) is 0 Å². The molecule has 4 rings (SSSR count). The second kappa shape index (κ2) is 5.05. The van der Waals surface area contributed by atoms with E-state index in [-0.39, 0.29) is 5.91 Å². The number of hydrogen-bond acceptors (Lipinski definition) is 4. The van der Waals surface area contributed by atoms with Crippen LogP contribution >= 0.6 is 0 Å². The van der Waals surface area contributed by atoms with Crippen LogP contribution in [0, 0.1) is 0 Å². The van der Waals surface area contributed by atoms with Crippen LogP contribution in [0.5, 0.6) is 0 Å². The summed E-state index contributed by atoms with van der Waals surface area (Å²) >= 11 is 0. The maximum atomic E-state index is 12.7. The van der Waals surface area contributed by atoms with Crippen LogP contribution in [0.4, 0.5) is 0 Å².